The molecule has 3 rings (SSSR count). The number of aryl methyl sites for hydroxylation is 2. The second kappa shape index (κ2) is 6.96. The average Bonchev–Trinajstić information content (AvgIpc) is 3.02. The quantitative estimate of drug-likeness (QED) is 0.762. The fourth-order valence-corrected chi connectivity index (χ4v) is 2.14. The first-order valence-corrected chi connectivity index (χ1v) is 7.60. The van der Waals surface area contributed by atoms with Gasteiger partial charge in [0.1, 0.15) is 11.5 Å². The molecule has 0 bridgehead atoms. The summed E-state index contributed by atoms with van der Waals surface area (Å²) < 4.78 is 4.89. The van der Waals surface area contributed by atoms with Crippen LogP contribution in [0.3, 0.4) is 0 Å². The highest BCUT2D eigenvalue weighted by atomic mass is 16.5. The summed E-state index contributed by atoms with van der Waals surface area (Å²) in [5, 5.41) is 9.03. The predicted molar refractivity (Wildman–Crippen MR) is 92.6 cm³/mol. The van der Waals surface area contributed by atoms with Crippen molar-refractivity contribution in [2.45, 2.75) is 13.8 Å². The number of nitrogens with zero attached hydrogens (tertiary/aromatic N) is 2. The summed E-state index contributed by atoms with van der Waals surface area (Å²) >= 11 is 0. The number of hydrogen-bond acceptors (Lipinski definition) is 5. The van der Waals surface area contributed by atoms with Crippen molar-refractivity contribution in [2.24, 2.45) is 0 Å². The topological polar surface area (TPSA) is 97.1 Å². The summed E-state index contributed by atoms with van der Waals surface area (Å²) in [7, 11) is 0. The number of aromatic nitrogens is 2. The van der Waals surface area contributed by atoms with Crippen LogP contribution in [-0.2, 0) is 0 Å². The van der Waals surface area contributed by atoms with E-state index in [1.54, 1.807) is 19.1 Å². The van der Waals surface area contributed by atoms with E-state index in [4.69, 9.17) is 4.52 Å². The van der Waals surface area contributed by atoms with Crippen LogP contribution in [0.5, 0.6) is 0 Å². The van der Waals surface area contributed by atoms with Crippen LogP contribution >= 0.6 is 0 Å². The zero-order chi connectivity index (χ0) is 17.8. The Hall–Kier alpha value is -3.48. The highest BCUT2D eigenvalue weighted by molar-refractivity contribution is 6.07. The summed E-state index contributed by atoms with van der Waals surface area (Å²) in [6.45, 7) is 3.69. The molecular formula is C18H16N4O3. The monoisotopic (exact) mass is 336 g/mol. The van der Waals surface area contributed by atoms with Gasteiger partial charge in [0.05, 0.1) is 0 Å². The van der Waals surface area contributed by atoms with E-state index in [-0.39, 0.29) is 11.6 Å². The number of nitrogens with one attached hydrogen (secondary N) is 2. The van der Waals surface area contributed by atoms with Crippen LogP contribution in [0.2, 0.25) is 0 Å². The molecule has 25 heavy (non-hydrogen) atoms. The molecule has 0 aliphatic heterocycles. The van der Waals surface area contributed by atoms with Gasteiger partial charge in [-0.15, -0.1) is 0 Å². The van der Waals surface area contributed by atoms with Gasteiger partial charge in [-0.1, -0.05) is 22.9 Å². The van der Waals surface area contributed by atoms with Gasteiger partial charge < -0.3 is 15.2 Å². The summed E-state index contributed by atoms with van der Waals surface area (Å²) in [6, 6.07) is 12.0. The lowest BCUT2D eigenvalue weighted by Crippen LogP contribution is -2.17. The molecule has 2 amide bonds. The summed E-state index contributed by atoms with van der Waals surface area (Å²) in [5.74, 6) is 0.0733. The Morgan fingerprint density at radius 2 is 1.72 bits per heavy atom. The van der Waals surface area contributed by atoms with Crippen molar-refractivity contribution >= 4 is 23.3 Å². The van der Waals surface area contributed by atoms with Gasteiger partial charge in [-0.05, 0) is 38.1 Å². The summed E-state index contributed by atoms with van der Waals surface area (Å²) in [5.41, 5.74) is 2.22. The van der Waals surface area contributed by atoms with Crippen molar-refractivity contribution in [3.8, 4) is 0 Å². The van der Waals surface area contributed by atoms with Crippen molar-refractivity contribution in [3.63, 3.8) is 0 Å². The summed E-state index contributed by atoms with van der Waals surface area (Å²) in [6.07, 6.45) is 1.41. The van der Waals surface area contributed by atoms with Gasteiger partial charge >= 0.3 is 0 Å². The highest BCUT2D eigenvalue weighted by Crippen LogP contribution is 2.12. The molecule has 0 aliphatic carbocycles. The summed E-state index contributed by atoms with van der Waals surface area (Å²) in [4.78, 5) is 28.5. The lowest BCUT2D eigenvalue weighted by Gasteiger charge is -2.07. The molecule has 7 heteroatoms. The number of anilines is 2. The molecular weight excluding hydrogens is 320 g/mol. The molecule has 0 aliphatic rings. The Labute approximate surface area is 144 Å². The smallest absolute Gasteiger partial charge is 0.275 e. The number of benzene rings is 1. The van der Waals surface area contributed by atoms with E-state index >= 15 is 0 Å². The van der Waals surface area contributed by atoms with Crippen LogP contribution in [-0.4, -0.2) is 22.0 Å². The maximum absolute atomic E-state index is 12.3. The molecule has 2 heterocycles. The Morgan fingerprint density at radius 3 is 2.40 bits per heavy atom. The van der Waals surface area contributed by atoms with E-state index in [0.29, 0.717) is 22.8 Å². The van der Waals surface area contributed by atoms with E-state index in [0.717, 1.165) is 5.56 Å². The van der Waals surface area contributed by atoms with Gasteiger partial charge in [0.25, 0.3) is 11.8 Å². The Balaban J connectivity index is 1.72. The van der Waals surface area contributed by atoms with Gasteiger partial charge in [-0.3, -0.25) is 14.6 Å². The molecule has 0 fully saturated rings. The van der Waals surface area contributed by atoms with E-state index in [2.05, 4.69) is 20.8 Å². The van der Waals surface area contributed by atoms with E-state index in [9.17, 15) is 9.59 Å². The number of rotatable bonds is 4. The fraction of sp³-hybridized carbons (Fsp3) is 0.111. The third-order valence-corrected chi connectivity index (χ3v) is 3.43. The lowest BCUT2D eigenvalue weighted by atomic mass is 10.2. The molecule has 2 N–H and O–H groups in total. The number of hydrogen-bond donors (Lipinski definition) is 2. The second-order valence-corrected chi connectivity index (χ2v) is 5.53. The van der Waals surface area contributed by atoms with Crippen molar-refractivity contribution in [1.82, 2.24) is 10.1 Å². The first-order valence-electron chi connectivity index (χ1n) is 7.60. The average molecular weight is 336 g/mol. The molecule has 0 unspecified atom stereocenters. The normalized spacial score (nSPS) is 10.3. The third kappa shape index (κ3) is 4.08. The number of amides is 2. The van der Waals surface area contributed by atoms with Crippen LogP contribution in [0.4, 0.5) is 11.5 Å². The first-order chi connectivity index (χ1) is 12.0. The maximum Gasteiger partial charge on any atom is 0.275 e. The van der Waals surface area contributed by atoms with Crippen LogP contribution in [0.15, 0.2) is 53.2 Å². The third-order valence-electron chi connectivity index (χ3n) is 3.43. The molecule has 1 aromatic carbocycles. The number of carbonyl (C=O) groups excluding carboxylic acids is 2. The SMILES string of the molecule is Cc1ccc(NC(=O)c2ccnc(C(=O)Nc3cc(C)on3)c2)cc1. The number of pyridine rings is 1. The van der Waals surface area contributed by atoms with E-state index < -0.39 is 5.91 Å². The Kier molecular flexibility index (Phi) is 4.56. The Morgan fingerprint density at radius 1 is 0.960 bits per heavy atom. The number of carbonyl (C=O) groups is 2. The zero-order valence-corrected chi connectivity index (χ0v) is 13.7. The molecule has 2 aromatic heterocycles. The minimum atomic E-state index is -0.474. The first kappa shape index (κ1) is 16.4. The van der Waals surface area contributed by atoms with Crippen molar-refractivity contribution < 1.29 is 14.1 Å². The molecule has 126 valence electrons. The highest BCUT2D eigenvalue weighted by Gasteiger charge is 2.13. The van der Waals surface area contributed by atoms with Crippen LogP contribution in [0.25, 0.3) is 0 Å². The lowest BCUT2D eigenvalue weighted by molar-refractivity contribution is 0.102. The fourth-order valence-electron chi connectivity index (χ4n) is 2.14. The Bertz CT molecular complexity index is 916. The van der Waals surface area contributed by atoms with Crippen LogP contribution < -0.4 is 10.6 Å². The molecule has 0 spiro atoms. The van der Waals surface area contributed by atoms with Gasteiger partial charge in [0.2, 0.25) is 0 Å². The molecule has 0 saturated heterocycles. The zero-order valence-electron chi connectivity index (χ0n) is 13.7. The molecule has 0 radical (unpaired) electrons. The molecule has 0 saturated carbocycles. The van der Waals surface area contributed by atoms with Crippen LogP contribution in [0, 0.1) is 13.8 Å². The predicted octanol–water partition coefficient (Wildman–Crippen LogP) is 3.19. The minimum Gasteiger partial charge on any atom is -0.360 e. The van der Waals surface area contributed by atoms with E-state index in [1.165, 1.54) is 12.3 Å². The molecule has 3 aromatic rings. The van der Waals surface area contributed by atoms with Crippen molar-refractivity contribution in [2.75, 3.05) is 10.6 Å². The largest absolute Gasteiger partial charge is 0.360 e. The van der Waals surface area contributed by atoms with E-state index in [1.807, 2.05) is 31.2 Å². The molecule has 7 nitrogen and oxygen atoms in total. The standard InChI is InChI=1S/C18H16N4O3/c1-11-3-5-14(6-4-11)20-17(23)13-7-8-19-15(10-13)18(24)21-16-9-12(2)25-22-16/h3-10H,1-2H3,(H,20,23)(H,21,22,24). The van der Waals surface area contributed by atoms with Gasteiger partial charge in [-0.2, -0.15) is 0 Å². The molecule has 0 atom stereocenters. The van der Waals surface area contributed by atoms with Gasteiger partial charge in [-0.25, -0.2) is 0 Å². The second-order valence-electron chi connectivity index (χ2n) is 5.53. The van der Waals surface area contributed by atoms with Crippen LogP contribution in [0.1, 0.15) is 32.2 Å². The minimum absolute atomic E-state index is 0.109. The van der Waals surface area contributed by atoms with Gasteiger partial charge in [0, 0.05) is 23.5 Å². The van der Waals surface area contributed by atoms with Gasteiger partial charge in [0.15, 0.2) is 5.82 Å². The van der Waals surface area contributed by atoms with Crippen molar-refractivity contribution in [3.05, 3.63) is 71.2 Å². The van der Waals surface area contributed by atoms with Crippen molar-refractivity contribution in [1.29, 1.82) is 0 Å². The maximum atomic E-state index is 12.3.